The number of carbonyl (C=O) groups excluding carboxylic acids is 2. The summed E-state index contributed by atoms with van der Waals surface area (Å²) in [6.45, 7) is 2.46. The van der Waals surface area contributed by atoms with Crippen molar-refractivity contribution in [2.75, 3.05) is 26.7 Å². The summed E-state index contributed by atoms with van der Waals surface area (Å²) in [4.78, 5) is 24.5. The van der Waals surface area contributed by atoms with Crippen LogP contribution in [0.2, 0.25) is 0 Å². The van der Waals surface area contributed by atoms with Gasteiger partial charge in [-0.15, -0.1) is 0 Å². The van der Waals surface area contributed by atoms with Gasteiger partial charge >= 0.3 is 12.0 Å². The molecule has 1 aliphatic rings. The van der Waals surface area contributed by atoms with Crippen molar-refractivity contribution in [3.05, 3.63) is 0 Å². The van der Waals surface area contributed by atoms with Gasteiger partial charge in [0, 0.05) is 26.1 Å². The number of ether oxygens (including phenoxy) is 1. The van der Waals surface area contributed by atoms with Crippen LogP contribution in [0.15, 0.2) is 0 Å². The first kappa shape index (κ1) is 14.8. The number of methoxy groups -OCH3 is 1. The van der Waals surface area contributed by atoms with Crippen LogP contribution in [0.1, 0.15) is 44.9 Å². The maximum absolute atomic E-state index is 11.7. The number of likely N-dealkylation sites (tertiary alicyclic amines) is 1. The monoisotopic (exact) mass is 256 g/mol. The fourth-order valence-corrected chi connectivity index (χ4v) is 2.08. The first-order chi connectivity index (χ1) is 8.74. The van der Waals surface area contributed by atoms with Gasteiger partial charge in [-0.3, -0.25) is 4.79 Å². The molecule has 0 bridgehead atoms. The highest BCUT2D eigenvalue weighted by atomic mass is 16.5. The Morgan fingerprint density at radius 2 is 1.83 bits per heavy atom. The number of hydrogen-bond acceptors (Lipinski definition) is 3. The summed E-state index contributed by atoms with van der Waals surface area (Å²) in [7, 11) is 1.40. The molecular formula is C13H24N2O3. The maximum Gasteiger partial charge on any atom is 0.317 e. The number of nitrogens with one attached hydrogen (secondary N) is 1. The van der Waals surface area contributed by atoms with E-state index in [4.69, 9.17) is 0 Å². The normalized spacial score (nSPS) is 15.3. The molecule has 0 saturated carbocycles. The molecule has 18 heavy (non-hydrogen) atoms. The summed E-state index contributed by atoms with van der Waals surface area (Å²) in [6, 6.07) is 0.0580. The lowest BCUT2D eigenvalue weighted by molar-refractivity contribution is -0.140. The molecule has 1 rings (SSSR count). The number of urea groups is 1. The van der Waals surface area contributed by atoms with E-state index in [-0.39, 0.29) is 12.0 Å². The molecule has 104 valence electrons. The van der Waals surface area contributed by atoms with E-state index in [0.717, 1.165) is 45.2 Å². The number of carbonyl (C=O) groups is 2. The molecule has 0 aromatic rings. The number of rotatable bonds is 6. The second-order valence-corrected chi connectivity index (χ2v) is 4.67. The summed E-state index contributed by atoms with van der Waals surface area (Å²) < 4.78 is 4.56. The van der Waals surface area contributed by atoms with E-state index < -0.39 is 0 Å². The van der Waals surface area contributed by atoms with E-state index in [1.165, 1.54) is 13.5 Å². The van der Waals surface area contributed by atoms with Gasteiger partial charge in [-0.2, -0.15) is 0 Å². The predicted molar refractivity (Wildman–Crippen MR) is 69.3 cm³/mol. The third-order valence-corrected chi connectivity index (χ3v) is 3.20. The molecule has 1 fully saturated rings. The Labute approximate surface area is 109 Å². The van der Waals surface area contributed by atoms with E-state index >= 15 is 0 Å². The molecule has 1 N–H and O–H groups in total. The first-order valence-electron chi connectivity index (χ1n) is 6.83. The van der Waals surface area contributed by atoms with Crippen LogP contribution in [0.25, 0.3) is 0 Å². The molecule has 0 aromatic heterocycles. The molecule has 1 aliphatic heterocycles. The Bertz CT molecular complexity index is 263. The summed E-state index contributed by atoms with van der Waals surface area (Å²) >= 11 is 0. The van der Waals surface area contributed by atoms with E-state index in [1.54, 1.807) is 0 Å². The topological polar surface area (TPSA) is 58.6 Å². The number of unbranched alkanes of at least 4 members (excludes halogenated alkanes) is 2. The summed E-state index contributed by atoms with van der Waals surface area (Å²) in [5, 5.41) is 2.93. The minimum atomic E-state index is -0.160. The SMILES string of the molecule is COC(=O)CCCCCNC(=O)N1CCCCC1. The van der Waals surface area contributed by atoms with Crippen LogP contribution < -0.4 is 5.32 Å². The highest BCUT2D eigenvalue weighted by molar-refractivity contribution is 5.74. The fourth-order valence-electron chi connectivity index (χ4n) is 2.08. The van der Waals surface area contributed by atoms with Crippen LogP contribution >= 0.6 is 0 Å². The van der Waals surface area contributed by atoms with Gasteiger partial charge in [-0.05, 0) is 32.1 Å². The summed E-state index contributed by atoms with van der Waals surface area (Å²) in [6.07, 6.45) is 6.62. The van der Waals surface area contributed by atoms with Gasteiger partial charge in [0.2, 0.25) is 0 Å². The quantitative estimate of drug-likeness (QED) is 0.583. The fraction of sp³-hybridized carbons (Fsp3) is 0.846. The smallest absolute Gasteiger partial charge is 0.317 e. The van der Waals surface area contributed by atoms with Gasteiger partial charge in [-0.1, -0.05) is 6.42 Å². The zero-order valence-corrected chi connectivity index (χ0v) is 11.2. The third-order valence-electron chi connectivity index (χ3n) is 3.20. The van der Waals surface area contributed by atoms with Crippen molar-refractivity contribution >= 4 is 12.0 Å². The molecule has 0 unspecified atom stereocenters. The number of piperidine rings is 1. The van der Waals surface area contributed by atoms with Crippen LogP contribution in [-0.2, 0) is 9.53 Å². The number of nitrogens with zero attached hydrogens (tertiary/aromatic N) is 1. The number of amides is 2. The van der Waals surface area contributed by atoms with Gasteiger partial charge in [0.05, 0.1) is 7.11 Å². The Morgan fingerprint density at radius 1 is 1.11 bits per heavy atom. The molecule has 0 aliphatic carbocycles. The van der Waals surface area contributed by atoms with Crippen molar-refractivity contribution in [2.45, 2.75) is 44.9 Å². The number of esters is 1. The van der Waals surface area contributed by atoms with Gasteiger partial charge in [0.15, 0.2) is 0 Å². The minimum Gasteiger partial charge on any atom is -0.469 e. The molecule has 0 spiro atoms. The van der Waals surface area contributed by atoms with E-state index in [0.29, 0.717) is 13.0 Å². The molecule has 1 heterocycles. The molecule has 0 atom stereocenters. The highest BCUT2D eigenvalue weighted by Gasteiger charge is 2.15. The Morgan fingerprint density at radius 3 is 2.50 bits per heavy atom. The van der Waals surface area contributed by atoms with Gasteiger partial charge in [0.1, 0.15) is 0 Å². The first-order valence-corrected chi connectivity index (χ1v) is 6.83. The second-order valence-electron chi connectivity index (χ2n) is 4.67. The zero-order chi connectivity index (χ0) is 13.2. The summed E-state index contributed by atoms with van der Waals surface area (Å²) in [5.74, 6) is -0.160. The van der Waals surface area contributed by atoms with Crippen LogP contribution in [-0.4, -0.2) is 43.6 Å². The Hall–Kier alpha value is -1.26. The largest absolute Gasteiger partial charge is 0.469 e. The zero-order valence-electron chi connectivity index (χ0n) is 11.2. The molecule has 0 radical (unpaired) electrons. The van der Waals surface area contributed by atoms with Crippen LogP contribution in [0, 0.1) is 0 Å². The lowest BCUT2D eigenvalue weighted by Crippen LogP contribution is -2.43. The van der Waals surface area contributed by atoms with Gasteiger partial charge in [-0.25, -0.2) is 4.79 Å². The summed E-state index contributed by atoms with van der Waals surface area (Å²) in [5.41, 5.74) is 0. The molecule has 5 heteroatoms. The van der Waals surface area contributed by atoms with E-state index in [9.17, 15) is 9.59 Å². The molecule has 5 nitrogen and oxygen atoms in total. The average molecular weight is 256 g/mol. The van der Waals surface area contributed by atoms with Crippen molar-refractivity contribution in [2.24, 2.45) is 0 Å². The van der Waals surface area contributed by atoms with Crippen LogP contribution in [0.5, 0.6) is 0 Å². The molecular weight excluding hydrogens is 232 g/mol. The van der Waals surface area contributed by atoms with Gasteiger partial charge < -0.3 is 15.0 Å². The Balaban J connectivity index is 1.96. The van der Waals surface area contributed by atoms with E-state index in [2.05, 4.69) is 10.1 Å². The van der Waals surface area contributed by atoms with Crippen molar-refractivity contribution in [3.8, 4) is 0 Å². The molecule has 1 saturated heterocycles. The average Bonchev–Trinajstić information content (AvgIpc) is 2.43. The van der Waals surface area contributed by atoms with Crippen molar-refractivity contribution in [1.29, 1.82) is 0 Å². The van der Waals surface area contributed by atoms with Crippen LogP contribution in [0.4, 0.5) is 4.79 Å². The van der Waals surface area contributed by atoms with Crippen molar-refractivity contribution < 1.29 is 14.3 Å². The van der Waals surface area contributed by atoms with E-state index in [1.807, 2.05) is 4.90 Å². The van der Waals surface area contributed by atoms with Gasteiger partial charge in [0.25, 0.3) is 0 Å². The van der Waals surface area contributed by atoms with Crippen molar-refractivity contribution in [1.82, 2.24) is 10.2 Å². The third kappa shape index (κ3) is 5.89. The van der Waals surface area contributed by atoms with Crippen LogP contribution in [0.3, 0.4) is 0 Å². The minimum absolute atomic E-state index is 0.0580. The lowest BCUT2D eigenvalue weighted by Gasteiger charge is -2.26. The Kier molecular flexibility index (Phi) is 7.22. The predicted octanol–water partition coefficient (Wildman–Crippen LogP) is 1.92. The number of hydrogen-bond donors (Lipinski definition) is 1. The molecule has 2 amide bonds. The molecule has 0 aromatic carbocycles. The highest BCUT2D eigenvalue weighted by Crippen LogP contribution is 2.08. The second kappa shape index (κ2) is 8.78. The van der Waals surface area contributed by atoms with Crippen molar-refractivity contribution in [3.63, 3.8) is 0 Å². The maximum atomic E-state index is 11.7. The standard InChI is InChI=1S/C13H24N2O3/c1-18-12(16)8-4-2-5-9-14-13(17)15-10-6-3-7-11-15/h2-11H2,1H3,(H,14,17). The lowest BCUT2D eigenvalue weighted by atomic mass is 10.1.